The zero-order chi connectivity index (χ0) is 24.6. The molecule has 0 atom stereocenters. The molecule has 1 N–H and O–H groups in total. The molecule has 3 aromatic rings. The number of hydrogen-bond donors (Lipinski definition) is 1. The van der Waals surface area contributed by atoms with Crippen molar-refractivity contribution in [3.05, 3.63) is 47.8 Å². The second-order valence-corrected chi connectivity index (χ2v) is 9.00. The van der Waals surface area contributed by atoms with E-state index < -0.39 is 23.9 Å². The van der Waals surface area contributed by atoms with Crippen molar-refractivity contribution in [3.63, 3.8) is 0 Å². The Labute approximate surface area is 198 Å². The SMILES string of the molecule is O=C(Nc1cccc(C(F)F)n1)c1cc2cn(C3CCOCC3)nc2cc1OCC1CC(F)(F)C1. The number of nitrogens with zero attached hydrogens (tertiary/aromatic N) is 3. The van der Waals surface area contributed by atoms with Crippen LogP contribution in [-0.2, 0) is 4.74 Å². The van der Waals surface area contributed by atoms with E-state index in [1.54, 1.807) is 12.1 Å². The van der Waals surface area contributed by atoms with Crippen molar-refractivity contribution in [2.75, 3.05) is 25.1 Å². The first-order valence-electron chi connectivity index (χ1n) is 11.5. The number of hydrogen-bond acceptors (Lipinski definition) is 5. The van der Waals surface area contributed by atoms with Crippen molar-refractivity contribution in [2.24, 2.45) is 5.92 Å². The molecule has 2 aromatic heterocycles. The summed E-state index contributed by atoms with van der Waals surface area (Å²) in [7, 11) is 0. The van der Waals surface area contributed by atoms with Crippen molar-refractivity contribution in [1.29, 1.82) is 0 Å². The van der Waals surface area contributed by atoms with Crippen LogP contribution in [0.5, 0.6) is 5.75 Å². The molecule has 2 aliphatic rings. The molecule has 7 nitrogen and oxygen atoms in total. The van der Waals surface area contributed by atoms with E-state index in [0.717, 1.165) is 12.8 Å². The van der Waals surface area contributed by atoms with Gasteiger partial charge in [-0.2, -0.15) is 5.10 Å². The minimum Gasteiger partial charge on any atom is -0.492 e. The quantitative estimate of drug-likeness (QED) is 0.447. The number of aromatic nitrogens is 3. The van der Waals surface area contributed by atoms with E-state index >= 15 is 0 Å². The molecule has 0 bridgehead atoms. The lowest BCUT2D eigenvalue weighted by Gasteiger charge is -2.34. The summed E-state index contributed by atoms with van der Waals surface area (Å²) in [6.07, 6.45) is 0.158. The van der Waals surface area contributed by atoms with Crippen LogP contribution in [0.15, 0.2) is 36.5 Å². The fourth-order valence-corrected chi connectivity index (χ4v) is 4.44. The second-order valence-electron chi connectivity index (χ2n) is 9.00. The highest BCUT2D eigenvalue weighted by Gasteiger charge is 2.45. The van der Waals surface area contributed by atoms with Gasteiger partial charge in [-0.25, -0.2) is 22.5 Å². The molecule has 1 aliphatic heterocycles. The predicted octanol–water partition coefficient (Wildman–Crippen LogP) is 5.40. The minimum absolute atomic E-state index is 0.0289. The van der Waals surface area contributed by atoms with Crippen LogP contribution in [0.3, 0.4) is 0 Å². The van der Waals surface area contributed by atoms with Crippen molar-refractivity contribution in [2.45, 2.75) is 44.1 Å². The molecule has 0 unspecified atom stereocenters. The molecule has 1 aliphatic carbocycles. The Bertz CT molecular complexity index is 1220. The zero-order valence-corrected chi connectivity index (χ0v) is 18.7. The number of pyridine rings is 1. The first-order chi connectivity index (χ1) is 16.8. The van der Waals surface area contributed by atoms with Gasteiger partial charge in [0.25, 0.3) is 12.3 Å². The Hall–Kier alpha value is -3.21. The van der Waals surface area contributed by atoms with Gasteiger partial charge in [0, 0.05) is 49.6 Å². The lowest BCUT2D eigenvalue weighted by Crippen LogP contribution is -2.38. The Morgan fingerprint density at radius 2 is 2.00 bits per heavy atom. The molecular formula is C24H24F4N4O3. The summed E-state index contributed by atoms with van der Waals surface area (Å²) in [6.45, 7) is 1.31. The smallest absolute Gasteiger partial charge is 0.280 e. The number of benzene rings is 1. The van der Waals surface area contributed by atoms with E-state index in [1.165, 1.54) is 18.2 Å². The van der Waals surface area contributed by atoms with Gasteiger partial charge >= 0.3 is 0 Å². The third kappa shape index (κ3) is 5.24. The van der Waals surface area contributed by atoms with Crippen LogP contribution < -0.4 is 10.1 Å². The number of amides is 1. The van der Waals surface area contributed by atoms with Gasteiger partial charge in [-0.3, -0.25) is 9.48 Å². The van der Waals surface area contributed by atoms with Crippen molar-refractivity contribution in [3.8, 4) is 5.75 Å². The molecule has 5 rings (SSSR count). The van der Waals surface area contributed by atoms with Gasteiger partial charge in [-0.05, 0) is 31.0 Å². The van der Waals surface area contributed by atoms with E-state index in [-0.39, 0.29) is 48.5 Å². The van der Waals surface area contributed by atoms with Gasteiger partial charge in [0.2, 0.25) is 5.92 Å². The summed E-state index contributed by atoms with van der Waals surface area (Å²) in [5.41, 5.74) is 0.276. The van der Waals surface area contributed by atoms with Crippen molar-refractivity contribution >= 4 is 22.6 Å². The monoisotopic (exact) mass is 492 g/mol. The van der Waals surface area contributed by atoms with E-state index in [4.69, 9.17) is 9.47 Å². The molecule has 35 heavy (non-hydrogen) atoms. The number of carbonyl (C=O) groups is 1. The Kier molecular flexibility index (Phi) is 6.35. The van der Waals surface area contributed by atoms with E-state index in [9.17, 15) is 22.4 Å². The van der Waals surface area contributed by atoms with E-state index in [0.29, 0.717) is 24.1 Å². The largest absolute Gasteiger partial charge is 0.492 e. The average Bonchev–Trinajstić information content (AvgIpc) is 3.24. The number of rotatable bonds is 7. The molecule has 1 amide bonds. The van der Waals surface area contributed by atoms with Gasteiger partial charge in [0.05, 0.1) is 23.7 Å². The number of alkyl halides is 4. The minimum atomic E-state index is -2.78. The lowest BCUT2D eigenvalue weighted by atomic mass is 9.82. The van der Waals surface area contributed by atoms with Crippen LogP contribution in [0.4, 0.5) is 23.4 Å². The number of nitrogens with one attached hydrogen (secondary N) is 1. The Morgan fingerprint density at radius 1 is 1.23 bits per heavy atom. The highest BCUT2D eigenvalue weighted by atomic mass is 19.3. The standard InChI is InChI=1S/C24H24F4N4O3/c25-22(26)18-2-1-3-21(29-18)30-23(33)17-8-15-12-32(16-4-6-34-7-5-16)31-19(15)9-20(17)35-13-14-10-24(27,28)11-14/h1-3,8-9,12,14,16,22H,4-7,10-11,13H2,(H,29,30,33). The molecule has 186 valence electrons. The Balaban J connectivity index is 1.43. The van der Waals surface area contributed by atoms with E-state index in [1.807, 2.05) is 10.9 Å². The van der Waals surface area contributed by atoms with Crippen LogP contribution in [0, 0.1) is 5.92 Å². The summed E-state index contributed by atoms with van der Waals surface area (Å²) in [5, 5.41) is 7.85. The molecule has 0 spiro atoms. The first kappa shape index (κ1) is 23.5. The molecule has 0 radical (unpaired) electrons. The van der Waals surface area contributed by atoms with Crippen molar-refractivity contribution < 1.29 is 31.8 Å². The lowest BCUT2D eigenvalue weighted by molar-refractivity contribution is -0.119. The molecule has 1 saturated carbocycles. The number of ether oxygens (including phenoxy) is 2. The maximum Gasteiger partial charge on any atom is 0.280 e. The summed E-state index contributed by atoms with van der Waals surface area (Å²) in [4.78, 5) is 16.9. The molecule has 11 heteroatoms. The van der Waals surface area contributed by atoms with Crippen LogP contribution in [0.1, 0.15) is 54.2 Å². The Morgan fingerprint density at radius 3 is 2.71 bits per heavy atom. The van der Waals surface area contributed by atoms with Crippen LogP contribution in [0.25, 0.3) is 10.9 Å². The summed E-state index contributed by atoms with van der Waals surface area (Å²) in [5.74, 6) is -3.45. The normalized spacial score (nSPS) is 18.5. The van der Waals surface area contributed by atoms with Crippen LogP contribution in [-0.4, -0.2) is 46.4 Å². The molecule has 1 saturated heterocycles. The summed E-state index contributed by atoms with van der Waals surface area (Å²) < 4.78 is 65.6. The van der Waals surface area contributed by atoms with Gasteiger partial charge in [0.1, 0.15) is 17.3 Å². The number of fused-ring (bicyclic) bond motifs is 1. The topological polar surface area (TPSA) is 78.3 Å². The second kappa shape index (κ2) is 9.44. The van der Waals surface area contributed by atoms with Crippen LogP contribution >= 0.6 is 0 Å². The zero-order valence-electron chi connectivity index (χ0n) is 18.7. The van der Waals surface area contributed by atoms with Crippen molar-refractivity contribution in [1.82, 2.24) is 14.8 Å². The maximum atomic E-state index is 13.2. The van der Waals surface area contributed by atoms with Gasteiger partial charge in [-0.15, -0.1) is 0 Å². The maximum absolute atomic E-state index is 13.2. The predicted molar refractivity (Wildman–Crippen MR) is 119 cm³/mol. The highest BCUT2D eigenvalue weighted by molar-refractivity contribution is 6.08. The highest BCUT2D eigenvalue weighted by Crippen LogP contribution is 2.42. The number of anilines is 1. The van der Waals surface area contributed by atoms with E-state index in [2.05, 4.69) is 15.4 Å². The fraction of sp³-hybridized carbons (Fsp3) is 0.458. The third-order valence-electron chi connectivity index (χ3n) is 6.32. The van der Waals surface area contributed by atoms with Gasteiger partial charge in [-0.1, -0.05) is 6.07 Å². The fourth-order valence-electron chi connectivity index (χ4n) is 4.44. The summed E-state index contributed by atoms with van der Waals surface area (Å²) in [6, 6.07) is 7.33. The number of carbonyl (C=O) groups excluding carboxylic acids is 1. The summed E-state index contributed by atoms with van der Waals surface area (Å²) >= 11 is 0. The molecule has 2 fully saturated rings. The number of halogens is 4. The molecule has 1 aromatic carbocycles. The van der Waals surface area contributed by atoms with Crippen LogP contribution in [0.2, 0.25) is 0 Å². The molecular weight excluding hydrogens is 468 g/mol. The van der Waals surface area contributed by atoms with Gasteiger partial charge < -0.3 is 14.8 Å². The average molecular weight is 492 g/mol. The molecule has 3 heterocycles. The first-order valence-corrected chi connectivity index (χ1v) is 11.5. The third-order valence-corrected chi connectivity index (χ3v) is 6.32. The van der Waals surface area contributed by atoms with Gasteiger partial charge in [0.15, 0.2) is 0 Å².